The Morgan fingerprint density at radius 2 is 2.00 bits per heavy atom. The third-order valence-electron chi connectivity index (χ3n) is 2.70. The Balaban J connectivity index is 2.49. The second-order valence-corrected chi connectivity index (χ2v) is 7.09. The van der Waals surface area contributed by atoms with E-state index in [-0.39, 0.29) is 23.4 Å². The number of carbonyl (C=O) groups is 1. The zero-order valence-corrected chi connectivity index (χ0v) is 13.5. The van der Waals surface area contributed by atoms with E-state index < -0.39 is 0 Å². The van der Waals surface area contributed by atoms with E-state index in [4.69, 9.17) is 0 Å². The molecule has 0 aliphatic carbocycles. The Bertz CT molecular complexity index is 421. The van der Waals surface area contributed by atoms with Crippen LogP contribution in [0.4, 0.5) is 0 Å². The van der Waals surface area contributed by atoms with Crippen molar-refractivity contribution in [2.45, 2.75) is 65.6 Å². The van der Waals surface area contributed by atoms with Crippen molar-refractivity contribution in [1.29, 1.82) is 0 Å². The number of nitrogens with zero attached hydrogens (tertiary/aromatic N) is 1. The van der Waals surface area contributed by atoms with Gasteiger partial charge in [-0.05, 0) is 20.8 Å². The fourth-order valence-electron chi connectivity index (χ4n) is 1.48. The predicted octanol–water partition coefficient (Wildman–Crippen LogP) is 2.44. The van der Waals surface area contributed by atoms with Gasteiger partial charge >= 0.3 is 0 Å². The summed E-state index contributed by atoms with van der Waals surface area (Å²) in [6.45, 7) is 12.9. The first-order valence-electron chi connectivity index (χ1n) is 6.69. The minimum absolute atomic E-state index is 0.0302. The van der Waals surface area contributed by atoms with E-state index in [9.17, 15) is 4.79 Å². The van der Waals surface area contributed by atoms with E-state index in [0.29, 0.717) is 6.54 Å². The van der Waals surface area contributed by atoms with Crippen LogP contribution in [0.1, 0.15) is 52.2 Å². The van der Waals surface area contributed by atoms with Crippen LogP contribution in [0, 0.1) is 0 Å². The number of carbonyl (C=O) groups excluding carboxylic acids is 1. The highest BCUT2D eigenvalue weighted by Crippen LogP contribution is 2.23. The number of hydrogen-bond donors (Lipinski definition) is 2. The summed E-state index contributed by atoms with van der Waals surface area (Å²) in [4.78, 5) is 16.3. The molecule has 108 valence electrons. The average Bonchev–Trinajstić information content (AvgIpc) is 2.72. The molecule has 5 heteroatoms. The lowest BCUT2D eigenvalue weighted by molar-refractivity contribution is -0.123. The van der Waals surface area contributed by atoms with Crippen LogP contribution in [0.5, 0.6) is 0 Å². The number of aromatic nitrogens is 1. The summed E-state index contributed by atoms with van der Waals surface area (Å²) in [5.41, 5.74) is 1.18. The van der Waals surface area contributed by atoms with Crippen LogP contribution in [0.3, 0.4) is 0 Å². The first-order chi connectivity index (χ1) is 8.70. The molecule has 4 nitrogen and oxygen atoms in total. The third kappa shape index (κ3) is 5.28. The van der Waals surface area contributed by atoms with Crippen molar-refractivity contribution in [3.05, 3.63) is 16.1 Å². The molecule has 1 heterocycles. The van der Waals surface area contributed by atoms with Crippen LogP contribution in [-0.2, 0) is 16.8 Å². The molecule has 1 aromatic heterocycles. The van der Waals surface area contributed by atoms with Crippen molar-refractivity contribution in [2.24, 2.45) is 0 Å². The summed E-state index contributed by atoms with van der Waals surface area (Å²) >= 11 is 1.64. The lowest BCUT2D eigenvalue weighted by Crippen LogP contribution is -2.44. The van der Waals surface area contributed by atoms with Gasteiger partial charge in [0, 0.05) is 23.4 Å². The first-order valence-corrected chi connectivity index (χ1v) is 7.56. The van der Waals surface area contributed by atoms with E-state index in [1.165, 1.54) is 0 Å². The summed E-state index contributed by atoms with van der Waals surface area (Å²) < 4.78 is 0. The van der Waals surface area contributed by atoms with Gasteiger partial charge < -0.3 is 5.32 Å². The molecule has 1 rings (SSSR count). The number of amides is 1. The zero-order chi connectivity index (χ0) is 14.6. The number of hydrogen-bond acceptors (Lipinski definition) is 4. The van der Waals surface area contributed by atoms with Gasteiger partial charge in [-0.1, -0.05) is 20.8 Å². The van der Waals surface area contributed by atoms with E-state index in [2.05, 4.69) is 41.8 Å². The average molecular weight is 283 g/mol. The highest BCUT2D eigenvalue weighted by Gasteiger charge is 2.18. The van der Waals surface area contributed by atoms with E-state index >= 15 is 0 Å². The second-order valence-electron chi connectivity index (χ2n) is 6.14. The lowest BCUT2D eigenvalue weighted by atomic mass is 9.93. The molecule has 0 aliphatic heterocycles. The Hall–Kier alpha value is -0.940. The normalized spacial score (nSPS) is 13.6. The third-order valence-corrected chi connectivity index (χ3v) is 3.55. The molecule has 0 radical (unpaired) electrons. The molecule has 1 amide bonds. The Morgan fingerprint density at radius 1 is 1.37 bits per heavy atom. The van der Waals surface area contributed by atoms with Crippen molar-refractivity contribution >= 4 is 17.2 Å². The van der Waals surface area contributed by atoms with Gasteiger partial charge in [0.1, 0.15) is 5.01 Å². The molecular formula is C14H25N3OS. The summed E-state index contributed by atoms with van der Waals surface area (Å²) in [6, 6.07) is -0.0338. The molecule has 0 spiro atoms. The minimum Gasteiger partial charge on any atom is -0.353 e. The van der Waals surface area contributed by atoms with Crippen molar-refractivity contribution in [3.63, 3.8) is 0 Å². The van der Waals surface area contributed by atoms with Crippen LogP contribution < -0.4 is 10.6 Å². The maximum absolute atomic E-state index is 11.7. The molecule has 19 heavy (non-hydrogen) atoms. The Morgan fingerprint density at radius 3 is 2.47 bits per heavy atom. The molecule has 0 fully saturated rings. The molecular weight excluding hydrogens is 258 g/mol. The molecule has 2 N–H and O–H groups in total. The summed E-state index contributed by atoms with van der Waals surface area (Å²) in [6.07, 6.45) is 0. The molecule has 1 atom stereocenters. The predicted molar refractivity (Wildman–Crippen MR) is 80.4 cm³/mol. The van der Waals surface area contributed by atoms with Crippen molar-refractivity contribution in [2.75, 3.05) is 0 Å². The number of rotatable bonds is 5. The van der Waals surface area contributed by atoms with Gasteiger partial charge in [-0.15, -0.1) is 11.3 Å². The molecule has 0 saturated heterocycles. The second kappa shape index (κ2) is 6.48. The maximum Gasteiger partial charge on any atom is 0.237 e. The Labute approximate surface area is 120 Å². The van der Waals surface area contributed by atoms with Gasteiger partial charge in [-0.2, -0.15) is 0 Å². The van der Waals surface area contributed by atoms with Gasteiger partial charge in [0.2, 0.25) is 5.91 Å². The van der Waals surface area contributed by atoms with E-state index in [1.54, 1.807) is 11.3 Å². The van der Waals surface area contributed by atoms with Crippen molar-refractivity contribution in [1.82, 2.24) is 15.6 Å². The van der Waals surface area contributed by atoms with Gasteiger partial charge in [0.05, 0.1) is 11.7 Å². The zero-order valence-electron chi connectivity index (χ0n) is 12.7. The molecule has 0 aromatic carbocycles. The first kappa shape index (κ1) is 16.1. The van der Waals surface area contributed by atoms with Gasteiger partial charge in [-0.25, -0.2) is 4.98 Å². The monoisotopic (exact) mass is 283 g/mol. The number of thiazole rings is 1. The largest absolute Gasteiger partial charge is 0.353 e. The van der Waals surface area contributed by atoms with Crippen LogP contribution >= 0.6 is 11.3 Å². The van der Waals surface area contributed by atoms with Gasteiger partial charge in [0.25, 0.3) is 0 Å². The SMILES string of the molecule is CC(C)NC(=O)C(C)NCc1nc(C(C)(C)C)cs1. The summed E-state index contributed by atoms with van der Waals surface area (Å²) in [5, 5.41) is 9.21. The highest BCUT2D eigenvalue weighted by molar-refractivity contribution is 7.09. The quantitative estimate of drug-likeness (QED) is 0.872. The van der Waals surface area contributed by atoms with E-state index in [1.807, 2.05) is 20.8 Å². The van der Waals surface area contributed by atoms with Crippen LogP contribution in [0.15, 0.2) is 5.38 Å². The van der Waals surface area contributed by atoms with Crippen LogP contribution in [0.2, 0.25) is 0 Å². The lowest BCUT2D eigenvalue weighted by Gasteiger charge is -2.16. The van der Waals surface area contributed by atoms with Crippen molar-refractivity contribution in [3.8, 4) is 0 Å². The van der Waals surface area contributed by atoms with Crippen LogP contribution in [-0.4, -0.2) is 23.0 Å². The smallest absolute Gasteiger partial charge is 0.237 e. The highest BCUT2D eigenvalue weighted by atomic mass is 32.1. The molecule has 0 bridgehead atoms. The topological polar surface area (TPSA) is 54.0 Å². The summed E-state index contributed by atoms with van der Waals surface area (Å²) in [5.74, 6) is 0.0302. The minimum atomic E-state index is -0.204. The number of nitrogens with one attached hydrogen (secondary N) is 2. The molecule has 0 saturated carbocycles. The maximum atomic E-state index is 11.7. The van der Waals surface area contributed by atoms with Crippen LogP contribution in [0.25, 0.3) is 0 Å². The van der Waals surface area contributed by atoms with Gasteiger partial charge in [-0.3, -0.25) is 10.1 Å². The Kier molecular flexibility index (Phi) is 5.50. The summed E-state index contributed by atoms with van der Waals surface area (Å²) in [7, 11) is 0. The molecule has 1 unspecified atom stereocenters. The van der Waals surface area contributed by atoms with Gasteiger partial charge in [0.15, 0.2) is 0 Å². The molecule has 0 aliphatic rings. The molecule has 1 aromatic rings. The fraction of sp³-hybridized carbons (Fsp3) is 0.714. The van der Waals surface area contributed by atoms with Crippen molar-refractivity contribution < 1.29 is 4.79 Å². The fourth-order valence-corrected chi connectivity index (χ4v) is 2.45. The van der Waals surface area contributed by atoms with E-state index in [0.717, 1.165) is 10.7 Å². The standard InChI is InChI=1S/C14H25N3OS/c1-9(2)16-13(18)10(3)15-7-12-17-11(8-19-12)14(4,5)6/h8-10,15H,7H2,1-6H3,(H,16,18).